The van der Waals surface area contributed by atoms with Gasteiger partial charge in [0.05, 0.1) is 5.02 Å². The van der Waals surface area contributed by atoms with Gasteiger partial charge in [-0.25, -0.2) is 8.78 Å². The van der Waals surface area contributed by atoms with Gasteiger partial charge >= 0.3 is 0 Å². The molecule has 0 spiro atoms. The van der Waals surface area contributed by atoms with Gasteiger partial charge in [-0.3, -0.25) is 4.79 Å². The van der Waals surface area contributed by atoms with Crippen molar-refractivity contribution in [2.45, 2.75) is 6.54 Å². The smallest absolute Gasteiger partial charge is 0.244 e. The number of nitrogens with one attached hydrogen (secondary N) is 1. The minimum absolute atomic E-state index is 0.0136. The van der Waals surface area contributed by atoms with Crippen molar-refractivity contribution in [3.8, 4) is 11.5 Å². The molecule has 0 saturated heterocycles. The summed E-state index contributed by atoms with van der Waals surface area (Å²) in [4.78, 5) is 11.8. The van der Waals surface area contributed by atoms with Crippen LogP contribution in [0.4, 0.5) is 8.78 Å². The topological polar surface area (TPSA) is 47.6 Å². The van der Waals surface area contributed by atoms with Gasteiger partial charge in [-0.05, 0) is 41.5 Å². The van der Waals surface area contributed by atoms with E-state index in [4.69, 9.17) is 21.1 Å². The highest BCUT2D eigenvalue weighted by molar-refractivity contribution is 6.32. The number of ether oxygens (including phenoxy) is 2. The average molecular weight is 352 g/mol. The highest BCUT2D eigenvalue weighted by atomic mass is 35.5. The van der Waals surface area contributed by atoms with E-state index in [9.17, 15) is 13.6 Å². The summed E-state index contributed by atoms with van der Waals surface area (Å²) in [5.74, 6) is -0.799. The minimum atomic E-state index is -0.690. The Kier molecular flexibility index (Phi) is 4.66. The number of hydrogen-bond donors (Lipinski definition) is 1. The fourth-order valence-electron chi connectivity index (χ4n) is 2.22. The summed E-state index contributed by atoms with van der Waals surface area (Å²) in [6, 6.07) is 6.42. The van der Waals surface area contributed by atoms with Crippen LogP contribution in [0.5, 0.6) is 11.5 Å². The first-order valence-corrected chi connectivity index (χ1v) is 7.39. The maximum Gasteiger partial charge on any atom is 0.244 e. The number of halogens is 3. The van der Waals surface area contributed by atoms with Crippen molar-refractivity contribution in [1.29, 1.82) is 0 Å². The van der Waals surface area contributed by atoms with Crippen molar-refractivity contribution in [2.75, 3.05) is 6.79 Å². The number of carbonyl (C=O) groups excluding carboxylic acids is 1. The molecule has 2 aromatic carbocycles. The van der Waals surface area contributed by atoms with E-state index in [1.54, 1.807) is 18.2 Å². The standard InChI is InChI=1S/C17H12ClF2NO3/c18-14-5-10(6-15-17(14)24-9-23-15)1-2-16(22)21-8-11-3-12(19)7-13(20)4-11/h1-7H,8-9H2,(H,21,22)/b2-1+. The Hall–Kier alpha value is -2.60. The lowest BCUT2D eigenvalue weighted by molar-refractivity contribution is -0.116. The number of hydrogen-bond acceptors (Lipinski definition) is 3. The Morgan fingerprint density at radius 3 is 2.67 bits per heavy atom. The number of carbonyl (C=O) groups is 1. The maximum absolute atomic E-state index is 13.1. The van der Waals surface area contributed by atoms with Gasteiger partial charge in [0.2, 0.25) is 12.7 Å². The molecule has 1 aliphatic heterocycles. The Morgan fingerprint density at radius 2 is 1.92 bits per heavy atom. The van der Waals surface area contributed by atoms with Crippen LogP contribution in [0.15, 0.2) is 36.4 Å². The zero-order valence-corrected chi connectivity index (χ0v) is 13.1. The third-order valence-electron chi connectivity index (χ3n) is 3.27. The van der Waals surface area contributed by atoms with Crippen molar-refractivity contribution in [1.82, 2.24) is 5.32 Å². The highest BCUT2D eigenvalue weighted by Gasteiger charge is 2.17. The van der Waals surface area contributed by atoms with Crippen molar-refractivity contribution >= 4 is 23.6 Å². The summed E-state index contributed by atoms with van der Waals surface area (Å²) >= 11 is 6.05. The lowest BCUT2D eigenvalue weighted by Crippen LogP contribution is -2.20. The van der Waals surface area contributed by atoms with Crippen LogP contribution in [0.1, 0.15) is 11.1 Å². The number of rotatable bonds is 4. The van der Waals surface area contributed by atoms with E-state index in [2.05, 4.69) is 5.32 Å². The van der Waals surface area contributed by atoms with Crippen LogP contribution in [0.2, 0.25) is 5.02 Å². The minimum Gasteiger partial charge on any atom is -0.454 e. The zero-order valence-electron chi connectivity index (χ0n) is 12.3. The first-order chi connectivity index (χ1) is 11.5. The summed E-state index contributed by atoms with van der Waals surface area (Å²) in [6.45, 7) is 0.118. The van der Waals surface area contributed by atoms with E-state index in [1.165, 1.54) is 6.08 Å². The molecule has 0 bridgehead atoms. The Bertz CT molecular complexity index is 803. The predicted molar refractivity (Wildman–Crippen MR) is 84.8 cm³/mol. The number of amides is 1. The van der Waals surface area contributed by atoms with Gasteiger partial charge in [0, 0.05) is 18.7 Å². The summed E-state index contributed by atoms with van der Waals surface area (Å²) in [5.41, 5.74) is 0.997. The molecule has 2 aromatic rings. The average Bonchev–Trinajstić information content (AvgIpc) is 2.99. The summed E-state index contributed by atoms with van der Waals surface area (Å²) in [5, 5.41) is 2.93. The fraction of sp³-hybridized carbons (Fsp3) is 0.118. The van der Waals surface area contributed by atoms with Crippen LogP contribution in [0.25, 0.3) is 6.08 Å². The van der Waals surface area contributed by atoms with Crippen molar-refractivity contribution in [3.63, 3.8) is 0 Å². The molecule has 1 heterocycles. The van der Waals surface area contributed by atoms with Gasteiger partial charge in [-0.1, -0.05) is 11.6 Å². The molecule has 0 atom stereocenters. The third kappa shape index (κ3) is 3.83. The number of benzene rings is 2. The summed E-state index contributed by atoms with van der Waals surface area (Å²) in [6.07, 6.45) is 2.85. The lowest BCUT2D eigenvalue weighted by atomic mass is 10.2. The Morgan fingerprint density at radius 1 is 1.17 bits per heavy atom. The van der Waals surface area contributed by atoms with E-state index in [-0.39, 0.29) is 13.3 Å². The van der Waals surface area contributed by atoms with Crippen molar-refractivity contribution in [3.05, 3.63) is 64.2 Å². The highest BCUT2D eigenvalue weighted by Crippen LogP contribution is 2.40. The maximum atomic E-state index is 13.1. The molecule has 0 aliphatic carbocycles. The monoisotopic (exact) mass is 351 g/mol. The molecular formula is C17H12ClF2NO3. The molecule has 1 N–H and O–H groups in total. The molecule has 124 valence electrons. The molecule has 0 radical (unpaired) electrons. The predicted octanol–water partition coefficient (Wildman–Crippen LogP) is 3.68. The van der Waals surface area contributed by atoms with E-state index in [1.807, 2.05) is 0 Å². The first-order valence-electron chi connectivity index (χ1n) is 7.01. The first kappa shape index (κ1) is 16.3. The lowest BCUT2D eigenvalue weighted by Gasteiger charge is -2.04. The molecule has 0 saturated carbocycles. The molecule has 7 heteroatoms. The van der Waals surface area contributed by atoms with E-state index in [0.29, 0.717) is 27.6 Å². The molecule has 0 fully saturated rings. The molecule has 24 heavy (non-hydrogen) atoms. The van der Waals surface area contributed by atoms with Gasteiger partial charge in [0.25, 0.3) is 0 Å². The Balaban J connectivity index is 1.62. The molecule has 1 amide bonds. The van der Waals surface area contributed by atoms with E-state index >= 15 is 0 Å². The van der Waals surface area contributed by atoms with Gasteiger partial charge in [-0.2, -0.15) is 0 Å². The molecule has 0 aromatic heterocycles. The summed E-state index contributed by atoms with van der Waals surface area (Å²) < 4.78 is 36.6. The molecular weight excluding hydrogens is 340 g/mol. The Labute approximate surface area is 141 Å². The fourth-order valence-corrected chi connectivity index (χ4v) is 2.49. The molecule has 1 aliphatic rings. The van der Waals surface area contributed by atoms with Gasteiger partial charge in [0.1, 0.15) is 11.6 Å². The molecule has 0 unspecified atom stereocenters. The van der Waals surface area contributed by atoms with Gasteiger partial charge in [0.15, 0.2) is 11.5 Å². The zero-order chi connectivity index (χ0) is 17.1. The van der Waals surface area contributed by atoms with Crippen LogP contribution in [0, 0.1) is 11.6 Å². The quantitative estimate of drug-likeness (QED) is 0.855. The normalized spacial score (nSPS) is 12.6. The largest absolute Gasteiger partial charge is 0.454 e. The van der Waals surface area contributed by atoms with E-state index in [0.717, 1.165) is 18.2 Å². The van der Waals surface area contributed by atoms with Gasteiger partial charge < -0.3 is 14.8 Å². The van der Waals surface area contributed by atoms with Crippen LogP contribution in [0.3, 0.4) is 0 Å². The number of fused-ring (bicyclic) bond motifs is 1. The van der Waals surface area contributed by atoms with Gasteiger partial charge in [-0.15, -0.1) is 0 Å². The molecule has 3 rings (SSSR count). The second-order valence-electron chi connectivity index (χ2n) is 5.07. The van der Waals surface area contributed by atoms with Crippen molar-refractivity contribution in [2.24, 2.45) is 0 Å². The summed E-state index contributed by atoms with van der Waals surface area (Å²) in [7, 11) is 0. The third-order valence-corrected chi connectivity index (χ3v) is 3.55. The van der Waals surface area contributed by atoms with Crippen LogP contribution < -0.4 is 14.8 Å². The molecule has 4 nitrogen and oxygen atoms in total. The van der Waals surface area contributed by atoms with E-state index < -0.39 is 17.5 Å². The van der Waals surface area contributed by atoms with Crippen LogP contribution in [-0.4, -0.2) is 12.7 Å². The van der Waals surface area contributed by atoms with Crippen LogP contribution in [-0.2, 0) is 11.3 Å². The second kappa shape index (κ2) is 6.88. The SMILES string of the molecule is O=C(/C=C/c1cc(Cl)c2c(c1)OCO2)NCc1cc(F)cc(F)c1. The van der Waals surface area contributed by atoms with Crippen LogP contribution >= 0.6 is 11.6 Å². The van der Waals surface area contributed by atoms with Crippen molar-refractivity contribution < 1.29 is 23.0 Å². The second-order valence-corrected chi connectivity index (χ2v) is 5.47.